The molecule has 90 valence electrons. The number of thioether (sulfide) groups is 1. The van der Waals surface area contributed by atoms with E-state index < -0.39 is 0 Å². The molecule has 2 rings (SSSR count). The highest BCUT2D eigenvalue weighted by Crippen LogP contribution is 2.37. The van der Waals surface area contributed by atoms with Gasteiger partial charge in [0.1, 0.15) is 11.3 Å². The second-order valence-electron chi connectivity index (χ2n) is 3.36. The topological polar surface area (TPSA) is 35.0 Å². The van der Waals surface area contributed by atoms with E-state index in [0.717, 1.165) is 9.90 Å². The van der Waals surface area contributed by atoms with E-state index >= 15 is 0 Å². The number of methoxy groups -OCH3 is 1. The highest BCUT2D eigenvalue weighted by Gasteiger charge is 2.11. The van der Waals surface area contributed by atoms with Crippen LogP contribution in [0.25, 0.3) is 0 Å². The molecule has 6 heteroatoms. The number of halogens is 1. The Balaban J connectivity index is 2.14. The first-order valence-electron chi connectivity index (χ1n) is 4.97. The van der Waals surface area contributed by atoms with Crippen molar-refractivity contribution in [2.24, 2.45) is 0 Å². The normalized spacial score (nSPS) is 12.4. The van der Waals surface area contributed by atoms with E-state index in [2.05, 4.69) is 17.1 Å². The summed E-state index contributed by atoms with van der Waals surface area (Å²) in [5, 5.41) is 8.74. The van der Waals surface area contributed by atoms with Gasteiger partial charge in [0.15, 0.2) is 4.34 Å². The molecule has 0 fully saturated rings. The molecule has 0 aliphatic carbocycles. The maximum absolute atomic E-state index is 6.10. The number of ether oxygens (including phenoxy) is 1. The van der Waals surface area contributed by atoms with Gasteiger partial charge in [-0.15, -0.1) is 10.2 Å². The zero-order chi connectivity index (χ0) is 12.3. The Kier molecular flexibility index (Phi) is 4.25. The van der Waals surface area contributed by atoms with Gasteiger partial charge in [-0.05, 0) is 24.6 Å². The lowest BCUT2D eigenvalue weighted by molar-refractivity contribution is 0.415. The van der Waals surface area contributed by atoms with Crippen molar-refractivity contribution < 1.29 is 4.74 Å². The van der Waals surface area contributed by atoms with Crippen LogP contribution in [-0.2, 0) is 0 Å². The Morgan fingerprint density at radius 3 is 2.88 bits per heavy atom. The van der Waals surface area contributed by atoms with Crippen molar-refractivity contribution in [2.75, 3.05) is 7.11 Å². The van der Waals surface area contributed by atoms with Crippen LogP contribution in [0.3, 0.4) is 0 Å². The largest absolute Gasteiger partial charge is 0.495 e. The molecule has 1 heterocycles. The molecule has 0 N–H and O–H groups in total. The quantitative estimate of drug-likeness (QED) is 0.794. The molecule has 0 spiro atoms. The van der Waals surface area contributed by atoms with Gasteiger partial charge in [-0.2, -0.15) is 0 Å². The molecule has 17 heavy (non-hydrogen) atoms. The van der Waals surface area contributed by atoms with Crippen molar-refractivity contribution in [2.45, 2.75) is 16.5 Å². The highest BCUT2D eigenvalue weighted by atomic mass is 35.5. The van der Waals surface area contributed by atoms with Crippen LogP contribution < -0.4 is 4.74 Å². The summed E-state index contributed by atoms with van der Waals surface area (Å²) in [6, 6.07) is 5.83. The molecular formula is C11H11ClN2OS2. The smallest absolute Gasteiger partial charge is 0.174 e. The molecule has 0 amide bonds. The number of aromatic nitrogens is 2. The van der Waals surface area contributed by atoms with Crippen LogP contribution in [0.1, 0.15) is 17.7 Å². The number of rotatable bonds is 4. The van der Waals surface area contributed by atoms with Crippen LogP contribution in [0.2, 0.25) is 5.02 Å². The Labute approximate surface area is 113 Å². The van der Waals surface area contributed by atoms with Crippen molar-refractivity contribution in [3.8, 4) is 5.75 Å². The third kappa shape index (κ3) is 3.12. The lowest BCUT2D eigenvalue weighted by Crippen LogP contribution is -1.90. The van der Waals surface area contributed by atoms with E-state index in [1.54, 1.807) is 35.7 Å². The van der Waals surface area contributed by atoms with Gasteiger partial charge in [-0.1, -0.05) is 40.8 Å². The molecule has 0 aliphatic heterocycles. The molecule has 0 aliphatic rings. The Morgan fingerprint density at radius 2 is 2.29 bits per heavy atom. The van der Waals surface area contributed by atoms with Gasteiger partial charge in [-0.25, -0.2) is 0 Å². The van der Waals surface area contributed by atoms with Gasteiger partial charge < -0.3 is 4.74 Å². The number of hydrogen-bond donors (Lipinski definition) is 0. The van der Waals surface area contributed by atoms with Gasteiger partial charge in [0.2, 0.25) is 0 Å². The molecule has 2 aromatic rings. The summed E-state index contributed by atoms with van der Waals surface area (Å²) in [5.41, 5.74) is 2.88. The molecule has 0 bridgehead atoms. The van der Waals surface area contributed by atoms with Crippen LogP contribution in [0.5, 0.6) is 5.75 Å². The van der Waals surface area contributed by atoms with E-state index in [-0.39, 0.29) is 5.25 Å². The van der Waals surface area contributed by atoms with Gasteiger partial charge >= 0.3 is 0 Å². The first-order valence-corrected chi connectivity index (χ1v) is 7.10. The maximum atomic E-state index is 6.10. The van der Waals surface area contributed by atoms with E-state index in [1.165, 1.54) is 0 Å². The van der Waals surface area contributed by atoms with E-state index in [4.69, 9.17) is 16.3 Å². The zero-order valence-electron chi connectivity index (χ0n) is 9.38. The predicted molar refractivity (Wildman–Crippen MR) is 72.2 cm³/mol. The highest BCUT2D eigenvalue weighted by molar-refractivity contribution is 8.01. The van der Waals surface area contributed by atoms with E-state index in [0.29, 0.717) is 10.8 Å². The fraction of sp³-hybridized carbons (Fsp3) is 0.273. The molecule has 0 unspecified atom stereocenters. The molecule has 1 aromatic carbocycles. The Hall–Kier alpha value is -0.780. The van der Waals surface area contributed by atoms with Crippen LogP contribution in [0.15, 0.2) is 28.0 Å². The summed E-state index contributed by atoms with van der Waals surface area (Å²) in [6.45, 7) is 2.12. The van der Waals surface area contributed by atoms with Gasteiger partial charge in [0.25, 0.3) is 0 Å². The Bertz CT molecular complexity index is 490. The minimum absolute atomic E-state index is 0.284. The Morgan fingerprint density at radius 1 is 1.47 bits per heavy atom. The fourth-order valence-corrected chi connectivity index (χ4v) is 3.38. The maximum Gasteiger partial charge on any atom is 0.174 e. The summed E-state index contributed by atoms with van der Waals surface area (Å²) in [7, 11) is 1.61. The first-order chi connectivity index (χ1) is 8.20. The molecule has 1 atom stereocenters. The summed E-state index contributed by atoms with van der Waals surface area (Å²) in [6.07, 6.45) is 0. The van der Waals surface area contributed by atoms with Crippen LogP contribution in [-0.4, -0.2) is 17.3 Å². The van der Waals surface area contributed by atoms with Gasteiger partial charge in [0, 0.05) is 5.25 Å². The number of benzene rings is 1. The third-order valence-electron chi connectivity index (χ3n) is 2.26. The van der Waals surface area contributed by atoms with E-state index in [9.17, 15) is 0 Å². The zero-order valence-corrected chi connectivity index (χ0v) is 11.8. The van der Waals surface area contributed by atoms with Gasteiger partial charge in [-0.3, -0.25) is 0 Å². The average Bonchev–Trinajstić information content (AvgIpc) is 2.81. The minimum atomic E-state index is 0.284. The molecule has 3 nitrogen and oxygen atoms in total. The second-order valence-corrected chi connectivity index (χ2v) is 6.19. The number of hydrogen-bond acceptors (Lipinski definition) is 5. The first kappa shape index (κ1) is 12.7. The van der Waals surface area contributed by atoms with E-state index in [1.807, 2.05) is 18.2 Å². The summed E-state index contributed by atoms with van der Waals surface area (Å²) >= 11 is 9.31. The molecule has 0 radical (unpaired) electrons. The van der Waals surface area contributed by atoms with Crippen molar-refractivity contribution in [3.63, 3.8) is 0 Å². The van der Waals surface area contributed by atoms with Gasteiger partial charge in [0.05, 0.1) is 12.1 Å². The lowest BCUT2D eigenvalue weighted by Gasteiger charge is -2.11. The SMILES string of the molecule is COc1ccc([C@@H](C)Sc2nncs2)cc1Cl. The fourth-order valence-electron chi connectivity index (χ4n) is 1.37. The number of nitrogens with zero attached hydrogens (tertiary/aromatic N) is 2. The average molecular weight is 287 g/mol. The molecule has 1 aromatic heterocycles. The third-order valence-corrected chi connectivity index (χ3v) is 4.53. The monoisotopic (exact) mass is 286 g/mol. The summed E-state index contributed by atoms with van der Waals surface area (Å²) < 4.78 is 6.09. The molecule has 0 saturated heterocycles. The molecular weight excluding hydrogens is 276 g/mol. The predicted octanol–water partition coefficient (Wildman–Crippen LogP) is 4.05. The second kappa shape index (κ2) is 5.71. The minimum Gasteiger partial charge on any atom is -0.495 e. The van der Waals surface area contributed by atoms with Crippen LogP contribution in [0, 0.1) is 0 Å². The van der Waals surface area contributed by atoms with Crippen molar-refractivity contribution in [1.82, 2.24) is 10.2 Å². The standard InChI is InChI=1S/C11H11ClN2OS2/c1-7(17-11-14-13-6-16-11)8-3-4-10(15-2)9(12)5-8/h3-7H,1-2H3/t7-/m1/s1. The van der Waals surface area contributed by atoms with Crippen LogP contribution in [0.4, 0.5) is 0 Å². The molecule has 0 saturated carbocycles. The van der Waals surface area contributed by atoms with Crippen LogP contribution >= 0.6 is 34.7 Å². The summed E-state index contributed by atoms with van der Waals surface area (Å²) in [5.74, 6) is 0.698. The lowest BCUT2D eigenvalue weighted by atomic mass is 10.1. The van der Waals surface area contributed by atoms with Crippen molar-refractivity contribution >= 4 is 34.7 Å². The van der Waals surface area contributed by atoms with Crippen molar-refractivity contribution in [1.29, 1.82) is 0 Å². The van der Waals surface area contributed by atoms with Crippen molar-refractivity contribution in [3.05, 3.63) is 34.3 Å². The summed E-state index contributed by atoms with van der Waals surface area (Å²) in [4.78, 5) is 0.